The van der Waals surface area contributed by atoms with Gasteiger partial charge in [-0.3, -0.25) is 4.79 Å². The van der Waals surface area contributed by atoms with Crippen molar-refractivity contribution in [1.29, 1.82) is 0 Å². The van der Waals surface area contributed by atoms with Gasteiger partial charge >= 0.3 is 0 Å². The average Bonchev–Trinajstić information content (AvgIpc) is 3.28. The van der Waals surface area contributed by atoms with Gasteiger partial charge in [0, 0.05) is 19.4 Å². The van der Waals surface area contributed by atoms with Gasteiger partial charge < -0.3 is 14.1 Å². The van der Waals surface area contributed by atoms with Crippen molar-refractivity contribution in [3.05, 3.63) is 47.2 Å². The highest BCUT2D eigenvalue weighted by atomic mass is 16.5. The van der Waals surface area contributed by atoms with Crippen LogP contribution in [0.4, 0.5) is 0 Å². The first-order valence-corrected chi connectivity index (χ1v) is 8.39. The molecule has 1 aromatic carbocycles. The topological polar surface area (TPSA) is 68.5 Å². The van der Waals surface area contributed by atoms with Crippen molar-refractivity contribution < 1.29 is 13.9 Å². The SMILES string of the molecule is Cc1nnc([C@@H]2COCCN2C(=O)[C@@H]2C[C@@H]2c2ccccc2C)o1. The summed E-state index contributed by atoms with van der Waals surface area (Å²) in [5.41, 5.74) is 2.54. The highest BCUT2D eigenvalue weighted by Crippen LogP contribution is 2.50. The molecule has 1 aromatic heterocycles. The van der Waals surface area contributed by atoms with E-state index in [1.54, 1.807) is 6.92 Å². The summed E-state index contributed by atoms with van der Waals surface area (Å²) in [6.45, 7) is 5.39. The summed E-state index contributed by atoms with van der Waals surface area (Å²) < 4.78 is 11.1. The fourth-order valence-electron chi connectivity index (χ4n) is 3.55. The minimum atomic E-state index is -0.273. The monoisotopic (exact) mass is 327 g/mol. The molecule has 1 saturated carbocycles. The summed E-state index contributed by atoms with van der Waals surface area (Å²) in [6, 6.07) is 8.04. The van der Waals surface area contributed by atoms with E-state index in [0.717, 1.165) is 6.42 Å². The van der Waals surface area contributed by atoms with Gasteiger partial charge in [0.1, 0.15) is 6.04 Å². The molecule has 0 bridgehead atoms. The number of aromatic nitrogens is 2. The number of carbonyl (C=O) groups is 1. The Morgan fingerprint density at radius 3 is 2.83 bits per heavy atom. The van der Waals surface area contributed by atoms with Crippen LogP contribution in [0.25, 0.3) is 0 Å². The van der Waals surface area contributed by atoms with E-state index < -0.39 is 0 Å². The molecule has 2 heterocycles. The molecule has 6 heteroatoms. The van der Waals surface area contributed by atoms with Gasteiger partial charge in [0.25, 0.3) is 0 Å². The quantitative estimate of drug-likeness (QED) is 0.866. The third kappa shape index (κ3) is 2.71. The third-order valence-electron chi connectivity index (χ3n) is 4.93. The van der Waals surface area contributed by atoms with Crippen LogP contribution in [0.3, 0.4) is 0 Å². The highest BCUT2D eigenvalue weighted by Gasteiger charge is 2.48. The van der Waals surface area contributed by atoms with E-state index in [0.29, 0.717) is 37.5 Å². The average molecular weight is 327 g/mol. The number of aryl methyl sites for hydroxylation is 2. The molecule has 6 nitrogen and oxygen atoms in total. The molecule has 3 atom stereocenters. The van der Waals surface area contributed by atoms with Gasteiger partial charge in [-0.05, 0) is 30.4 Å². The zero-order valence-electron chi connectivity index (χ0n) is 13.9. The van der Waals surface area contributed by atoms with Crippen molar-refractivity contribution in [2.75, 3.05) is 19.8 Å². The molecule has 1 aliphatic carbocycles. The normalized spacial score (nSPS) is 26.4. The molecule has 1 saturated heterocycles. The Morgan fingerprint density at radius 1 is 1.25 bits per heavy atom. The maximum Gasteiger partial charge on any atom is 0.241 e. The zero-order chi connectivity index (χ0) is 16.7. The number of rotatable bonds is 3. The molecule has 1 aliphatic heterocycles. The van der Waals surface area contributed by atoms with Crippen LogP contribution in [-0.2, 0) is 9.53 Å². The van der Waals surface area contributed by atoms with E-state index >= 15 is 0 Å². The van der Waals surface area contributed by atoms with E-state index in [4.69, 9.17) is 9.15 Å². The lowest BCUT2D eigenvalue weighted by Gasteiger charge is -2.33. The Kier molecular flexibility index (Phi) is 3.84. The van der Waals surface area contributed by atoms with Gasteiger partial charge in [0.15, 0.2) is 0 Å². The largest absolute Gasteiger partial charge is 0.423 e. The van der Waals surface area contributed by atoms with E-state index in [1.807, 2.05) is 17.0 Å². The smallest absolute Gasteiger partial charge is 0.241 e. The summed E-state index contributed by atoms with van der Waals surface area (Å²) >= 11 is 0. The van der Waals surface area contributed by atoms with Crippen molar-refractivity contribution in [3.8, 4) is 0 Å². The lowest BCUT2D eigenvalue weighted by atomic mass is 10.0. The lowest BCUT2D eigenvalue weighted by Crippen LogP contribution is -2.44. The lowest BCUT2D eigenvalue weighted by molar-refractivity contribution is -0.142. The van der Waals surface area contributed by atoms with Crippen LogP contribution in [0.5, 0.6) is 0 Å². The fraction of sp³-hybridized carbons (Fsp3) is 0.500. The summed E-state index contributed by atoms with van der Waals surface area (Å²) in [5, 5.41) is 7.96. The number of nitrogens with zero attached hydrogens (tertiary/aromatic N) is 3. The number of morpholine rings is 1. The molecule has 2 fully saturated rings. The van der Waals surface area contributed by atoms with Crippen LogP contribution in [0.1, 0.15) is 41.3 Å². The first-order chi connectivity index (χ1) is 11.6. The van der Waals surface area contributed by atoms with Crippen LogP contribution in [-0.4, -0.2) is 40.8 Å². The Labute approximate surface area is 140 Å². The Morgan fingerprint density at radius 2 is 2.08 bits per heavy atom. The van der Waals surface area contributed by atoms with Crippen LogP contribution in [0.2, 0.25) is 0 Å². The summed E-state index contributed by atoms with van der Waals surface area (Å²) in [5.74, 6) is 1.52. The number of carbonyl (C=O) groups excluding carboxylic acids is 1. The first kappa shape index (κ1) is 15.3. The Bertz CT molecular complexity index is 757. The molecule has 4 rings (SSSR count). The summed E-state index contributed by atoms with van der Waals surface area (Å²) in [7, 11) is 0. The molecule has 24 heavy (non-hydrogen) atoms. The third-order valence-corrected chi connectivity index (χ3v) is 4.93. The molecular formula is C18H21N3O3. The number of hydrogen-bond donors (Lipinski definition) is 0. The molecule has 0 spiro atoms. The maximum atomic E-state index is 13.0. The number of benzene rings is 1. The zero-order valence-corrected chi connectivity index (χ0v) is 13.9. The molecular weight excluding hydrogens is 306 g/mol. The van der Waals surface area contributed by atoms with Crippen molar-refractivity contribution in [2.45, 2.75) is 32.2 Å². The number of hydrogen-bond acceptors (Lipinski definition) is 5. The molecule has 0 N–H and O–H groups in total. The maximum absolute atomic E-state index is 13.0. The van der Waals surface area contributed by atoms with Crippen LogP contribution in [0, 0.1) is 19.8 Å². The van der Waals surface area contributed by atoms with Crippen molar-refractivity contribution in [2.24, 2.45) is 5.92 Å². The minimum Gasteiger partial charge on any atom is -0.423 e. The van der Waals surface area contributed by atoms with Crippen LogP contribution >= 0.6 is 0 Å². The van der Waals surface area contributed by atoms with Gasteiger partial charge in [0.05, 0.1) is 13.2 Å². The van der Waals surface area contributed by atoms with E-state index in [-0.39, 0.29) is 17.9 Å². The highest BCUT2D eigenvalue weighted by molar-refractivity contribution is 5.83. The second-order valence-electron chi connectivity index (χ2n) is 6.59. The number of ether oxygens (including phenoxy) is 1. The van der Waals surface area contributed by atoms with Crippen molar-refractivity contribution >= 4 is 5.91 Å². The van der Waals surface area contributed by atoms with Gasteiger partial charge in [-0.15, -0.1) is 10.2 Å². The van der Waals surface area contributed by atoms with Crippen molar-refractivity contribution in [3.63, 3.8) is 0 Å². The predicted molar refractivity (Wildman–Crippen MR) is 86.3 cm³/mol. The standard InChI is InChI=1S/C18H21N3O3/c1-11-5-3-4-6-13(11)14-9-15(14)18(22)21-7-8-23-10-16(21)17-20-19-12(2)24-17/h3-6,14-16H,7-10H2,1-2H3/t14-,15-,16+/m1/s1. The summed E-state index contributed by atoms with van der Waals surface area (Å²) in [6.07, 6.45) is 0.913. The van der Waals surface area contributed by atoms with E-state index in [1.165, 1.54) is 11.1 Å². The van der Waals surface area contributed by atoms with Gasteiger partial charge in [-0.25, -0.2) is 0 Å². The second kappa shape index (κ2) is 6.02. The van der Waals surface area contributed by atoms with E-state index in [2.05, 4.69) is 29.3 Å². The van der Waals surface area contributed by atoms with E-state index in [9.17, 15) is 4.79 Å². The van der Waals surface area contributed by atoms with Gasteiger partial charge in [-0.2, -0.15) is 0 Å². The van der Waals surface area contributed by atoms with Crippen LogP contribution < -0.4 is 0 Å². The molecule has 126 valence electrons. The van der Waals surface area contributed by atoms with Gasteiger partial charge in [-0.1, -0.05) is 24.3 Å². The molecule has 1 amide bonds. The second-order valence-corrected chi connectivity index (χ2v) is 6.59. The van der Waals surface area contributed by atoms with Gasteiger partial charge in [0.2, 0.25) is 17.7 Å². The predicted octanol–water partition coefficient (Wildman–Crippen LogP) is 2.39. The Balaban J connectivity index is 1.52. The number of amides is 1. The summed E-state index contributed by atoms with van der Waals surface area (Å²) in [4.78, 5) is 14.9. The molecule has 0 radical (unpaired) electrons. The molecule has 0 unspecified atom stereocenters. The van der Waals surface area contributed by atoms with Crippen molar-refractivity contribution in [1.82, 2.24) is 15.1 Å². The first-order valence-electron chi connectivity index (χ1n) is 8.39. The molecule has 2 aliphatic rings. The fourth-order valence-corrected chi connectivity index (χ4v) is 3.55. The molecule has 2 aromatic rings. The minimum absolute atomic E-state index is 0.0516. The Hall–Kier alpha value is -2.21. The van der Waals surface area contributed by atoms with Crippen LogP contribution in [0.15, 0.2) is 28.7 Å².